The normalized spacial score (nSPS) is 10.4. The van der Waals surface area contributed by atoms with Crippen molar-refractivity contribution in [1.29, 1.82) is 0 Å². The molecule has 0 radical (unpaired) electrons. The van der Waals surface area contributed by atoms with Crippen molar-refractivity contribution in [1.82, 2.24) is 19.9 Å². The van der Waals surface area contributed by atoms with E-state index in [1.54, 1.807) is 24.8 Å². The molecular formula is C14H10BrN5. The second kappa shape index (κ2) is 5.34. The van der Waals surface area contributed by atoms with Crippen LogP contribution in [0.5, 0.6) is 0 Å². The fraction of sp³-hybridized carbons (Fsp3) is 0. The minimum Gasteiger partial charge on any atom is -0.383 e. The van der Waals surface area contributed by atoms with Gasteiger partial charge in [-0.05, 0) is 39.7 Å². The van der Waals surface area contributed by atoms with Crippen molar-refractivity contribution in [3.63, 3.8) is 0 Å². The summed E-state index contributed by atoms with van der Waals surface area (Å²) < 4.78 is 0.755. The molecule has 3 rings (SSSR count). The molecule has 0 aromatic carbocycles. The van der Waals surface area contributed by atoms with Crippen molar-refractivity contribution < 1.29 is 0 Å². The lowest BCUT2D eigenvalue weighted by molar-refractivity contribution is 1.16. The van der Waals surface area contributed by atoms with E-state index in [1.807, 2.05) is 18.2 Å². The zero-order chi connectivity index (χ0) is 13.9. The van der Waals surface area contributed by atoms with Crippen LogP contribution in [-0.4, -0.2) is 19.9 Å². The molecule has 0 atom stereocenters. The number of halogens is 1. The van der Waals surface area contributed by atoms with E-state index in [-0.39, 0.29) is 0 Å². The van der Waals surface area contributed by atoms with Crippen molar-refractivity contribution in [3.05, 3.63) is 53.8 Å². The molecule has 2 N–H and O–H groups in total. The summed E-state index contributed by atoms with van der Waals surface area (Å²) in [6.45, 7) is 0. The highest BCUT2D eigenvalue weighted by molar-refractivity contribution is 9.10. The first-order chi connectivity index (χ1) is 9.75. The van der Waals surface area contributed by atoms with E-state index in [1.165, 1.54) is 6.33 Å². The van der Waals surface area contributed by atoms with Crippen molar-refractivity contribution in [2.45, 2.75) is 0 Å². The molecule has 0 bridgehead atoms. The number of nitrogens with two attached hydrogens (primary N) is 1. The third-order valence-corrected chi connectivity index (χ3v) is 3.46. The third-order valence-electron chi connectivity index (χ3n) is 2.83. The molecule has 0 aliphatic heterocycles. The lowest BCUT2D eigenvalue weighted by atomic mass is 10.0. The van der Waals surface area contributed by atoms with Gasteiger partial charge in [0.2, 0.25) is 0 Å². The maximum atomic E-state index is 5.89. The second-order valence-electron chi connectivity index (χ2n) is 4.11. The van der Waals surface area contributed by atoms with Crippen LogP contribution < -0.4 is 5.73 Å². The quantitative estimate of drug-likeness (QED) is 0.782. The Kier molecular flexibility index (Phi) is 3.39. The highest BCUT2D eigenvalue weighted by atomic mass is 79.9. The van der Waals surface area contributed by atoms with Gasteiger partial charge < -0.3 is 5.73 Å². The summed E-state index contributed by atoms with van der Waals surface area (Å²) in [5.41, 5.74) is 9.41. The third kappa shape index (κ3) is 2.37. The SMILES string of the molecule is Nc1nc(-c2cncnc2)c(-c2ccncc2)cc1Br. The van der Waals surface area contributed by atoms with Crippen LogP contribution in [0.1, 0.15) is 0 Å². The monoisotopic (exact) mass is 327 g/mol. The van der Waals surface area contributed by atoms with E-state index in [9.17, 15) is 0 Å². The first-order valence-corrected chi connectivity index (χ1v) is 6.67. The molecule has 0 unspecified atom stereocenters. The topological polar surface area (TPSA) is 77.6 Å². The van der Waals surface area contributed by atoms with Crippen molar-refractivity contribution in [3.8, 4) is 22.4 Å². The zero-order valence-corrected chi connectivity index (χ0v) is 11.9. The first kappa shape index (κ1) is 12.7. The number of anilines is 1. The molecule has 0 aliphatic rings. The first-order valence-electron chi connectivity index (χ1n) is 5.87. The highest BCUT2D eigenvalue weighted by Gasteiger charge is 2.12. The van der Waals surface area contributed by atoms with Gasteiger partial charge in [-0.1, -0.05) is 0 Å². The van der Waals surface area contributed by atoms with Crippen LogP contribution in [0.3, 0.4) is 0 Å². The van der Waals surface area contributed by atoms with Crippen LogP contribution in [0.15, 0.2) is 53.8 Å². The molecule has 0 spiro atoms. The summed E-state index contributed by atoms with van der Waals surface area (Å²) in [6, 6.07) is 5.79. The van der Waals surface area contributed by atoms with E-state index in [0.717, 1.165) is 26.9 Å². The van der Waals surface area contributed by atoms with Crippen molar-refractivity contribution in [2.75, 3.05) is 5.73 Å². The van der Waals surface area contributed by atoms with Crippen LogP contribution in [0.2, 0.25) is 0 Å². The smallest absolute Gasteiger partial charge is 0.138 e. The molecule has 5 nitrogen and oxygen atoms in total. The Morgan fingerprint density at radius 2 is 1.65 bits per heavy atom. The molecule has 0 aliphatic carbocycles. The molecule has 3 aromatic rings. The summed E-state index contributed by atoms with van der Waals surface area (Å²) in [6.07, 6.45) is 8.40. The fourth-order valence-corrected chi connectivity index (χ4v) is 2.21. The van der Waals surface area contributed by atoms with Crippen LogP contribution in [-0.2, 0) is 0 Å². The number of nitrogens with zero attached hydrogens (tertiary/aromatic N) is 4. The number of hydrogen-bond acceptors (Lipinski definition) is 5. The van der Waals surface area contributed by atoms with E-state index in [0.29, 0.717) is 5.82 Å². The average Bonchev–Trinajstić information content (AvgIpc) is 2.51. The maximum absolute atomic E-state index is 5.89. The van der Waals surface area contributed by atoms with Crippen LogP contribution in [0.4, 0.5) is 5.82 Å². The van der Waals surface area contributed by atoms with Crippen molar-refractivity contribution in [2.24, 2.45) is 0 Å². The zero-order valence-electron chi connectivity index (χ0n) is 10.4. The lowest BCUT2D eigenvalue weighted by Gasteiger charge is -2.10. The maximum Gasteiger partial charge on any atom is 0.138 e. The summed E-state index contributed by atoms with van der Waals surface area (Å²) in [5, 5.41) is 0. The second-order valence-corrected chi connectivity index (χ2v) is 4.97. The minimum absolute atomic E-state index is 0.432. The number of hydrogen-bond donors (Lipinski definition) is 1. The molecule has 0 saturated heterocycles. The average molecular weight is 328 g/mol. The fourth-order valence-electron chi connectivity index (χ4n) is 1.90. The van der Waals surface area contributed by atoms with Crippen LogP contribution in [0, 0.1) is 0 Å². The number of nitrogen functional groups attached to an aromatic ring is 1. The van der Waals surface area contributed by atoms with Crippen LogP contribution in [0.25, 0.3) is 22.4 Å². The Bertz CT molecular complexity index is 667. The summed E-state index contributed by atoms with van der Waals surface area (Å²) in [5.74, 6) is 0.432. The van der Waals surface area contributed by atoms with Gasteiger partial charge in [-0.3, -0.25) is 4.98 Å². The lowest BCUT2D eigenvalue weighted by Crippen LogP contribution is -1.97. The largest absolute Gasteiger partial charge is 0.383 e. The van der Waals surface area contributed by atoms with Gasteiger partial charge in [0.1, 0.15) is 12.1 Å². The Morgan fingerprint density at radius 3 is 2.35 bits per heavy atom. The van der Waals surface area contributed by atoms with Gasteiger partial charge >= 0.3 is 0 Å². The highest BCUT2D eigenvalue weighted by Crippen LogP contribution is 2.34. The minimum atomic E-state index is 0.432. The van der Waals surface area contributed by atoms with Gasteiger partial charge in [0.05, 0.1) is 10.2 Å². The van der Waals surface area contributed by atoms with Crippen molar-refractivity contribution >= 4 is 21.7 Å². The van der Waals surface area contributed by atoms with E-state index in [2.05, 4.69) is 35.9 Å². The van der Waals surface area contributed by atoms with Gasteiger partial charge in [0.25, 0.3) is 0 Å². The Hall–Kier alpha value is -2.34. The Labute approximate surface area is 124 Å². The van der Waals surface area contributed by atoms with E-state index in [4.69, 9.17) is 5.73 Å². The summed E-state index contributed by atoms with van der Waals surface area (Å²) in [4.78, 5) is 16.5. The van der Waals surface area contributed by atoms with Gasteiger partial charge in [0.15, 0.2) is 0 Å². The van der Waals surface area contributed by atoms with Crippen LogP contribution >= 0.6 is 15.9 Å². The molecule has 0 saturated carbocycles. The number of pyridine rings is 2. The standard InChI is InChI=1S/C14H10BrN5/c15-12-5-11(9-1-3-17-4-2-9)13(20-14(12)16)10-6-18-8-19-7-10/h1-8H,(H2,16,20). The Balaban J connectivity index is 2.26. The molecule has 20 heavy (non-hydrogen) atoms. The molecule has 0 fully saturated rings. The van der Waals surface area contributed by atoms with Gasteiger partial charge in [-0.15, -0.1) is 0 Å². The summed E-state index contributed by atoms with van der Waals surface area (Å²) >= 11 is 3.42. The molecule has 3 heterocycles. The predicted octanol–water partition coefficient (Wildman–Crippen LogP) is 2.95. The Morgan fingerprint density at radius 1 is 0.950 bits per heavy atom. The molecule has 6 heteroatoms. The molecule has 0 amide bonds. The summed E-state index contributed by atoms with van der Waals surface area (Å²) in [7, 11) is 0. The number of rotatable bonds is 2. The molecule has 98 valence electrons. The van der Waals surface area contributed by atoms with E-state index >= 15 is 0 Å². The van der Waals surface area contributed by atoms with Gasteiger partial charge in [-0.25, -0.2) is 15.0 Å². The van der Waals surface area contributed by atoms with Gasteiger partial charge in [-0.2, -0.15) is 0 Å². The molecule has 3 aromatic heterocycles. The predicted molar refractivity (Wildman–Crippen MR) is 80.6 cm³/mol. The van der Waals surface area contributed by atoms with Gasteiger partial charge in [0, 0.05) is 35.9 Å². The molecular weight excluding hydrogens is 318 g/mol. The van der Waals surface area contributed by atoms with E-state index < -0.39 is 0 Å². The number of aromatic nitrogens is 4.